The largest absolute Gasteiger partial charge is 0.385 e. The van der Waals surface area contributed by atoms with E-state index < -0.39 is 0 Å². The van der Waals surface area contributed by atoms with E-state index in [2.05, 4.69) is 6.58 Å². The third kappa shape index (κ3) is 7.56. The van der Waals surface area contributed by atoms with Gasteiger partial charge in [-0.15, -0.1) is 6.58 Å². The highest BCUT2D eigenvalue weighted by Gasteiger charge is 1.99. The molecule has 0 heterocycles. The first kappa shape index (κ1) is 10.7. The summed E-state index contributed by atoms with van der Waals surface area (Å²) in [5.41, 5.74) is 5.79. The molecule has 0 radical (unpaired) electrons. The van der Waals surface area contributed by atoms with E-state index >= 15 is 0 Å². The zero-order valence-corrected chi connectivity index (χ0v) is 7.38. The van der Waals surface area contributed by atoms with Crippen LogP contribution in [0.1, 0.15) is 25.7 Å². The Morgan fingerprint density at radius 2 is 2.27 bits per heavy atom. The molecule has 0 saturated heterocycles. The van der Waals surface area contributed by atoms with Crippen LogP contribution in [0.4, 0.5) is 0 Å². The molecule has 0 aliphatic carbocycles. The zero-order chi connectivity index (χ0) is 8.53. The van der Waals surface area contributed by atoms with Crippen molar-refractivity contribution in [3.05, 3.63) is 12.7 Å². The van der Waals surface area contributed by atoms with Crippen molar-refractivity contribution in [1.82, 2.24) is 0 Å². The number of allylic oxidation sites excluding steroid dienone is 1. The van der Waals surface area contributed by atoms with Crippen LogP contribution in [-0.2, 0) is 4.74 Å². The lowest BCUT2D eigenvalue weighted by Gasteiger charge is -2.08. The normalized spacial score (nSPS) is 12.9. The van der Waals surface area contributed by atoms with E-state index in [-0.39, 0.29) is 0 Å². The van der Waals surface area contributed by atoms with Gasteiger partial charge in [-0.1, -0.05) is 6.08 Å². The Morgan fingerprint density at radius 1 is 1.55 bits per heavy atom. The van der Waals surface area contributed by atoms with Crippen LogP contribution in [-0.4, -0.2) is 19.8 Å². The average Bonchev–Trinajstić information content (AvgIpc) is 2.01. The average molecular weight is 157 g/mol. The lowest BCUT2D eigenvalue weighted by atomic mass is 10.1. The van der Waals surface area contributed by atoms with Crippen LogP contribution in [0.15, 0.2) is 12.7 Å². The molecule has 2 nitrogen and oxygen atoms in total. The molecule has 0 amide bonds. The first-order chi connectivity index (χ1) is 5.31. The van der Waals surface area contributed by atoms with E-state index in [0.717, 1.165) is 32.3 Å². The molecule has 2 N–H and O–H groups in total. The fraction of sp³-hybridized carbons (Fsp3) is 0.778. The smallest absolute Gasteiger partial charge is 0.0477 e. The minimum Gasteiger partial charge on any atom is -0.385 e. The van der Waals surface area contributed by atoms with Gasteiger partial charge in [-0.2, -0.15) is 0 Å². The van der Waals surface area contributed by atoms with Crippen molar-refractivity contribution >= 4 is 0 Å². The predicted molar refractivity (Wildman–Crippen MR) is 48.5 cm³/mol. The highest BCUT2D eigenvalue weighted by atomic mass is 16.5. The topological polar surface area (TPSA) is 35.2 Å². The van der Waals surface area contributed by atoms with Gasteiger partial charge in [0.15, 0.2) is 0 Å². The van der Waals surface area contributed by atoms with Crippen LogP contribution in [0.3, 0.4) is 0 Å². The lowest BCUT2D eigenvalue weighted by Crippen LogP contribution is -2.21. The van der Waals surface area contributed by atoms with Gasteiger partial charge >= 0.3 is 0 Å². The molecule has 0 aromatic rings. The Balaban J connectivity index is 3.08. The second kappa shape index (κ2) is 7.76. The highest BCUT2D eigenvalue weighted by molar-refractivity contribution is 4.68. The van der Waals surface area contributed by atoms with Crippen LogP contribution >= 0.6 is 0 Å². The fourth-order valence-electron chi connectivity index (χ4n) is 0.938. The number of ether oxygens (including phenoxy) is 1. The van der Waals surface area contributed by atoms with Gasteiger partial charge < -0.3 is 10.5 Å². The molecule has 1 unspecified atom stereocenters. The van der Waals surface area contributed by atoms with Gasteiger partial charge in [-0.25, -0.2) is 0 Å². The summed E-state index contributed by atoms with van der Waals surface area (Å²) in [5.74, 6) is 0. The second-order valence-electron chi connectivity index (χ2n) is 2.76. The summed E-state index contributed by atoms with van der Waals surface area (Å²) in [6, 6.07) is 0.301. The molecule has 2 heteroatoms. The minimum absolute atomic E-state index is 0.301. The molecule has 11 heavy (non-hydrogen) atoms. The van der Waals surface area contributed by atoms with Crippen molar-refractivity contribution in [1.29, 1.82) is 0 Å². The van der Waals surface area contributed by atoms with Gasteiger partial charge in [0.25, 0.3) is 0 Å². The summed E-state index contributed by atoms with van der Waals surface area (Å²) in [4.78, 5) is 0. The van der Waals surface area contributed by atoms with Gasteiger partial charge in [0.2, 0.25) is 0 Å². The maximum atomic E-state index is 5.79. The molecule has 1 atom stereocenters. The fourth-order valence-corrected chi connectivity index (χ4v) is 0.938. The molecule has 0 rings (SSSR count). The second-order valence-corrected chi connectivity index (χ2v) is 2.76. The molecule has 0 aromatic heterocycles. The minimum atomic E-state index is 0.301. The molecule has 0 saturated carbocycles. The van der Waals surface area contributed by atoms with Crippen molar-refractivity contribution in [2.45, 2.75) is 31.7 Å². The molecular formula is C9H19NO. The Labute approximate surface area is 69.4 Å². The summed E-state index contributed by atoms with van der Waals surface area (Å²) in [6.07, 6.45) is 6.20. The quantitative estimate of drug-likeness (QED) is 0.451. The Morgan fingerprint density at radius 3 is 2.82 bits per heavy atom. The van der Waals surface area contributed by atoms with Crippen LogP contribution < -0.4 is 5.73 Å². The number of rotatable bonds is 7. The van der Waals surface area contributed by atoms with E-state index in [1.165, 1.54) is 0 Å². The molecule has 0 fully saturated rings. The van der Waals surface area contributed by atoms with Gasteiger partial charge in [0.05, 0.1) is 0 Å². The van der Waals surface area contributed by atoms with Crippen molar-refractivity contribution in [2.75, 3.05) is 13.7 Å². The van der Waals surface area contributed by atoms with Crippen LogP contribution in [0, 0.1) is 0 Å². The van der Waals surface area contributed by atoms with Gasteiger partial charge in [-0.3, -0.25) is 0 Å². The Bertz CT molecular complexity index is 93.6. The molecular weight excluding hydrogens is 138 g/mol. The molecule has 0 aliphatic heterocycles. The van der Waals surface area contributed by atoms with Crippen LogP contribution in [0.25, 0.3) is 0 Å². The first-order valence-corrected chi connectivity index (χ1v) is 4.16. The van der Waals surface area contributed by atoms with Gasteiger partial charge in [0, 0.05) is 19.8 Å². The summed E-state index contributed by atoms with van der Waals surface area (Å²) in [6.45, 7) is 4.43. The van der Waals surface area contributed by atoms with E-state index in [1.807, 2.05) is 6.08 Å². The van der Waals surface area contributed by atoms with E-state index in [4.69, 9.17) is 10.5 Å². The summed E-state index contributed by atoms with van der Waals surface area (Å²) >= 11 is 0. The standard InChI is InChI=1S/C9H19NO/c1-3-4-5-6-9(10)7-8-11-2/h3,9H,1,4-8,10H2,2H3. The predicted octanol–water partition coefficient (Wildman–Crippen LogP) is 1.71. The molecule has 0 aliphatic rings. The summed E-state index contributed by atoms with van der Waals surface area (Å²) in [7, 11) is 1.70. The van der Waals surface area contributed by atoms with Crippen molar-refractivity contribution in [3.8, 4) is 0 Å². The molecule has 66 valence electrons. The van der Waals surface area contributed by atoms with Crippen LogP contribution in [0.5, 0.6) is 0 Å². The number of unbranched alkanes of at least 4 members (excludes halogenated alkanes) is 1. The van der Waals surface area contributed by atoms with Crippen molar-refractivity contribution in [2.24, 2.45) is 5.73 Å². The van der Waals surface area contributed by atoms with Crippen LogP contribution in [0.2, 0.25) is 0 Å². The third-order valence-electron chi connectivity index (χ3n) is 1.68. The van der Waals surface area contributed by atoms with E-state index in [0.29, 0.717) is 6.04 Å². The number of hydrogen-bond donors (Lipinski definition) is 1. The van der Waals surface area contributed by atoms with Gasteiger partial charge in [-0.05, 0) is 25.7 Å². The third-order valence-corrected chi connectivity index (χ3v) is 1.68. The number of hydrogen-bond acceptors (Lipinski definition) is 2. The molecule has 0 spiro atoms. The summed E-state index contributed by atoms with van der Waals surface area (Å²) in [5, 5.41) is 0. The van der Waals surface area contributed by atoms with Crippen molar-refractivity contribution < 1.29 is 4.74 Å². The van der Waals surface area contributed by atoms with E-state index in [9.17, 15) is 0 Å². The maximum Gasteiger partial charge on any atom is 0.0477 e. The lowest BCUT2D eigenvalue weighted by molar-refractivity contribution is 0.186. The molecule has 0 aromatic carbocycles. The monoisotopic (exact) mass is 157 g/mol. The van der Waals surface area contributed by atoms with E-state index in [1.54, 1.807) is 7.11 Å². The number of nitrogens with two attached hydrogens (primary N) is 1. The van der Waals surface area contributed by atoms with Gasteiger partial charge in [0.1, 0.15) is 0 Å². The molecule has 0 bridgehead atoms. The Kier molecular flexibility index (Phi) is 7.52. The number of methoxy groups -OCH3 is 1. The summed E-state index contributed by atoms with van der Waals surface area (Å²) < 4.78 is 4.92. The van der Waals surface area contributed by atoms with Crippen molar-refractivity contribution in [3.63, 3.8) is 0 Å². The maximum absolute atomic E-state index is 5.79. The first-order valence-electron chi connectivity index (χ1n) is 4.16. The zero-order valence-electron chi connectivity index (χ0n) is 7.38. The Hall–Kier alpha value is -0.340. The SMILES string of the molecule is C=CCCCC(N)CCOC. The highest BCUT2D eigenvalue weighted by Crippen LogP contribution is 2.02.